The number of nitro groups is 1. The molecular formula is C18H18ClN3O5S. The number of rotatable bonds is 6. The Morgan fingerprint density at radius 2 is 1.79 bits per heavy atom. The first-order valence-electron chi connectivity index (χ1n) is 8.60. The molecule has 10 heteroatoms. The quantitative estimate of drug-likeness (QED) is 0.567. The van der Waals surface area contributed by atoms with Gasteiger partial charge in [0.15, 0.2) is 0 Å². The van der Waals surface area contributed by atoms with E-state index in [0.717, 1.165) is 12.8 Å². The van der Waals surface area contributed by atoms with E-state index in [1.807, 2.05) is 0 Å². The number of non-ortho nitro benzene ring substituents is 1. The molecule has 1 aliphatic heterocycles. The molecule has 1 N–H and O–H groups in total. The summed E-state index contributed by atoms with van der Waals surface area (Å²) in [4.78, 5) is 22.5. The molecule has 1 saturated heterocycles. The third kappa shape index (κ3) is 4.32. The molecule has 0 bridgehead atoms. The van der Waals surface area contributed by atoms with E-state index in [1.54, 1.807) is 12.1 Å². The van der Waals surface area contributed by atoms with E-state index in [1.165, 1.54) is 34.6 Å². The molecule has 0 radical (unpaired) electrons. The number of carbonyl (C=O) groups is 1. The van der Waals surface area contributed by atoms with E-state index in [9.17, 15) is 23.3 Å². The smallest absolute Gasteiger partial charge is 0.269 e. The normalized spacial score (nSPS) is 14.8. The molecule has 1 aliphatic rings. The lowest BCUT2D eigenvalue weighted by atomic mass is 10.2. The van der Waals surface area contributed by atoms with Crippen LogP contribution in [0.4, 0.5) is 5.69 Å². The summed E-state index contributed by atoms with van der Waals surface area (Å²) < 4.78 is 26.9. The van der Waals surface area contributed by atoms with Gasteiger partial charge in [-0.05, 0) is 36.6 Å². The van der Waals surface area contributed by atoms with Crippen LogP contribution in [0.1, 0.15) is 28.8 Å². The molecule has 1 heterocycles. The van der Waals surface area contributed by atoms with E-state index in [-0.39, 0.29) is 27.7 Å². The summed E-state index contributed by atoms with van der Waals surface area (Å²) in [5.74, 6) is -0.465. The molecule has 0 spiro atoms. The Morgan fingerprint density at radius 1 is 1.14 bits per heavy atom. The van der Waals surface area contributed by atoms with Crippen LogP contribution in [0, 0.1) is 10.1 Å². The van der Waals surface area contributed by atoms with Crippen LogP contribution < -0.4 is 5.32 Å². The summed E-state index contributed by atoms with van der Waals surface area (Å²) in [6.45, 7) is 1.03. The second-order valence-corrected chi connectivity index (χ2v) is 8.68. The van der Waals surface area contributed by atoms with Gasteiger partial charge in [-0.25, -0.2) is 8.42 Å². The first-order chi connectivity index (χ1) is 13.3. The fourth-order valence-electron chi connectivity index (χ4n) is 2.93. The zero-order chi connectivity index (χ0) is 20.3. The molecule has 0 saturated carbocycles. The summed E-state index contributed by atoms with van der Waals surface area (Å²) in [6.07, 6.45) is 1.60. The number of halogens is 1. The van der Waals surface area contributed by atoms with Gasteiger partial charge in [0.25, 0.3) is 11.6 Å². The van der Waals surface area contributed by atoms with Crippen LogP contribution in [0.2, 0.25) is 5.02 Å². The highest BCUT2D eigenvalue weighted by molar-refractivity contribution is 7.89. The van der Waals surface area contributed by atoms with E-state index in [0.29, 0.717) is 18.7 Å². The molecule has 0 unspecified atom stereocenters. The van der Waals surface area contributed by atoms with Crippen molar-refractivity contribution in [1.29, 1.82) is 0 Å². The van der Waals surface area contributed by atoms with E-state index in [4.69, 9.17) is 11.6 Å². The van der Waals surface area contributed by atoms with Gasteiger partial charge in [-0.3, -0.25) is 14.9 Å². The Morgan fingerprint density at radius 3 is 2.39 bits per heavy atom. The summed E-state index contributed by atoms with van der Waals surface area (Å²) in [5, 5.41) is 13.4. The van der Waals surface area contributed by atoms with Gasteiger partial charge >= 0.3 is 0 Å². The van der Waals surface area contributed by atoms with Gasteiger partial charge in [0.1, 0.15) is 4.90 Å². The van der Waals surface area contributed by atoms with E-state index in [2.05, 4.69) is 5.32 Å². The highest BCUT2D eigenvalue weighted by atomic mass is 35.5. The second kappa shape index (κ2) is 8.26. The van der Waals surface area contributed by atoms with Crippen LogP contribution in [0.15, 0.2) is 47.4 Å². The Kier molecular flexibility index (Phi) is 5.97. The van der Waals surface area contributed by atoms with Gasteiger partial charge in [0, 0.05) is 37.3 Å². The first kappa shape index (κ1) is 20.2. The minimum Gasteiger partial charge on any atom is -0.348 e. The summed E-state index contributed by atoms with van der Waals surface area (Å²) >= 11 is 6.08. The molecule has 1 fully saturated rings. The number of nitro benzene ring substituents is 1. The Bertz CT molecular complexity index is 1000. The minimum absolute atomic E-state index is 0.0375. The van der Waals surface area contributed by atoms with Crippen molar-refractivity contribution in [2.45, 2.75) is 24.3 Å². The summed E-state index contributed by atoms with van der Waals surface area (Å²) in [5.41, 5.74) is 0.812. The average Bonchev–Trinajstić information content (AvgIpc) is 3.22. The molecule has 8 nitrogen and oxygen atoms in total. The molecule has 2 aromatic rings. The van der Waals surface area contributed by atoms with Crippen molar-refractivity contribution in [2.75, 3.05) is 13.1 Å². The first-order valence-corrected chi connectivity index (χ1v) is 10.4. The highest BCUT2D eigenvalue weighted by Gasteiger charge is 2.29. The lowest BCUT2D eigenvalue weighted by Crippen LogP contribution is -2.29. The topological polar surface area (TPSA) is 110 Å². The second-order valence-electron chi connectivity index (χ2n) is 6.36. The predicted molar refractivity (Wildman–Crippen MR) is 104 cm³/mol. The van der Waals surface area contributed by atoms with Gasteiger partial charge in [-0.1, -0.05) is 23.7 Å². The molecular weight excluding hydrogens is 406 g/mol. The maximum atomic E-state index is 12.8. The molecule has 148 valence electrons. The SMILES string of the molecule is O=C(NCc1ccc([N+](=O)[O-])cc1)c1ccc(Cl)c(S(=O)(=O)N2CCCC2)c1. The van der Waals surface area contributed by atoms with Crippen LogP contribution in [0.5, 0.6) is 0 Å². The molecule has 0 aliphatic carbocycles. The fourth-order valence-corrected chi connectivity index (χ4v) is 4.95. The largest absolute Gasteiger partial charge is 0.348 e. The van der Waals surface area contributed by atoms with E-state index < -0.39 is 20.9 Å². The molecule has 0 atom stereocenters. The molecule has 0 aromatic heterocycles. The van der Waals surface area contributed by atoms with Gasteiger partial charge in [-0.15, -0.1) is 0 Å². The molecule has 2 aromatic carbocycles. The van der Waals surface area contributed by atoms with Crippen LogP contribution >= 0.6 is 11.6 Å². The average molecular weight is 424 g/mol. The Labute approximate surface area is 167 Å². The standard InChI is InChI=1S/C18H18ClN3O5S/c19-16-8-5-14(11-17(16)28(26,27)21-9-1-2-10-21)18(23)20-12-13-3-6-15(7-4-13)22(24)25/h3-8,11H,1-2,9-10,12H2,(H,20,23). The zero-order valence-electron chi connectivity index (χ0n) is 14.8. The third-order valence-corrected chi connectivity index (χ3v) is 6.86. The van der Waals surface area contributed by atoms with Crippen LogP contribution in [-0.4, -0.2) is 36.6 Å². The number of nitrogens with one attached hydrogen (secondary N) is 1. The maximum Gasteiger partial charge on any atom is 0.269 e. The number of hydrogen-bond donors (Lipinski definition) is 1. The minimum atomic E-state index is -3.75. The van der Waals surface area contributed by atoms with Crippen molar-refractivity contribution in [1.82, 2.24) is 9.62 Å². The fraction of sp³-hybridized carbons (Fsp3) is 0.278. The van der Waals surface area contributed by atoms with Crippen LogP contribution in [0.25, 0.3) is 0 Å². The van der Waals surface area contributed by atoms with Gasteiger partial charge in [0.05, 0.1) is 9.95 Å². The van der Waals surface area contributed by atoms with E-state index >= 15 is 0 Å². The van der Waals surface area contributed by atoms with Gasteiger partial charge in [0.2, 0.25) is 10.0 Å². The van der Waals surface area contributed by atoms with Crippen LogP contribution in [-0.2, 0) is 16.6 Å². The monoisotopic (exact) mass is 423 g/mol. The number of carbonyl (C=O) groups excluding carboxylic acids is 1. The van der Waals surface area contributed by atoms with Crippen molar-refractivity contribution in [3.63, 3.8) is 0 Å². The highest BCUT2D eigenvalue weighted by Crippen LogP contribution is 2.28. The van der Waals surface area contributed by atoms with Crippen molar-refractivity contribution in [3.05, 3.63) is 68.7 Å². The molecule has 3 rings (SSSR count). The van der Waals surface area contributed by atoms with Crippen molar-refractivity contribution < 1.29 is 18.1 Å². The Hall–Kier alpha value is -2.49. The van der Waals surface area contributed by atoms with Crippen LogP contribution in [0.3, 0.4) is 0 Å². The summed E-state index contributed by atoms with van der Waals surface area (Å²) in [6, 6.07) is 9.92. The van der Waals surface area contributed by atoms with Crippen molar-refractivity contribution in [3.8, 4) is 0 Å². The van der Waals surface area contributed by atoms with Crippen molar-refractivity contribution in [2.24, 2.45) is 0 Å². The number of amides is 1. The summed E-state index contributed by atoms with van der Waals surface area (Å²) in [7, 11) is -3.75. The number of sulfonamides is 1. The lowest BCUT2D eigenvalue weighted by Gasteiger charge is -2.17. The maximum absolute atomic E-state index is 12.8. The number of benzene rings is 2. The molecule has 1 amide bonds. The predicted octanol–water partition coefficient (Wildman–Crippen LogP) is 2.96. The lowest BCUT2D eigenvalue weighted by molar-refractivity contribution is -0.384. The zero-order valence-corrected chi connectivity index (χ0v) is 16.4. The number of hydrogen-bond acceptors (Lipinski definition) is 5. The van der Waals surface area contributed by atoms with Gasteiger partial charge < -0.3 is 5.32 Å². The number of nitrogens with zero attached hydrogens (tertiary/aromatic N) is 2. The third-order valence-electron chi connectivity index (χ3n) is 4.48. The Balaban J connectivity index is 1.74. The van der Waals surface area contributed by atoms with Crippen molar-refractivity contribution >= 4 is 33.2 Å². The van der Waals surface area contributed by atoms with Gasteiger partial charge in [-0.2, -0.15) is 4.31 Å². The molecule has 28 heavy (non-hydrogen) atoms.